The van der Waals surface area contributed by atoms with Crippen molar-refractivity contribution < 1.29 is 9.53 Å². The first kappa shape index (κ1) is 17.8. The molecule has 5 heteroatoms. The van der Waals surface area contributed by atoms with Gasteiger partial charge in [-0.2, -0.15) is 0 Å². The molecule has 0 saturated carbocycles. The number of rotatable bonds is 4. The van der Waals surface area contributed by atoms with Crippen molar-refractivity contribution in [2.24, 2.45) is 7.05 Å². The number of hydrogen-bond acceptors (Lipinski definition) is 2. The Balaban J connectivity index is 2.09. The van der Waals surface area contributed by atoms with E-state index in [4.69, 9.17) is 22.9 Å². The number of benzene rings is 2. The Bertz CT molecular complexity index is 998. The van der Waals surface area contributed by atoms with Gasteiger partial charge < -0.3 is 9.30 Å². The number of carbonyl (C=O) groups is 1. The highest BCUT2D eigenvalue weighted by atomic mass is 35.5. The van der Waals surface area contributed by atoms with Gasteiger partial charge in [-0.25, -0.2) is 9.64 Å². The third-order valence-electron chi connectivity index (χ3n) is 4.11. The van der Waals surface area contributed by atoms with E-state index in [1.165, 1.54) is 0 Å². The SMILES string of the molecule is [C-]#[N+]c1cn(C)c(C(=O)OCC)c1-c1ccc(-c2ccccc2Cl)cc1. The number of ether oxygens (including phenoxy) is 1. The Morgan fingerprint density at radius 1 is 1.15 bits per heavy atom. The summed E-state index contributed by atoms with van der Waals surface area (Å²) in [6.07, 6.45) is 1.65. The van der Waals surface area contributed by atoms with Gasteiger partial charge in [0.25, 0.3) is 0 Å². The van der Waals surface area contributed by atoms with E-state index >= 15 is 0 Å². The third-order valence-corrected chi connectivity index (χ3v) is 4.44. The summed E-state index contributed by atoms with van der Waals surface area (Å²) in [6, 6.07) is 15.3. The maximum absolute atomic E-state index is 12.4. The van der Waals surface area contributed by atoms with Crippen LogP contribution in [-0.2, 0) is 11.8 Å². The van der Waals surface area contributed by atoms with Crippen molar-refractivity contribution in [2.75, 3.05) is 6.61 Å². The highest BCUT2D eigenvalue weighted by Crippen LogP contribution is 2.37. The van der Waals surface area contributed by atoms with E-state index in [1.807, 2.05) is 48.5 Å². The fraction of sp³-hybridized carbons (Fsp3) is 0.143. The summed E-state index contributed by atoms with van der Waals surface area (Å²) in [5, 5.41) is 0.675. The number of halogens is 1. The molecule has 2 aromatic carbocycles. The summed E-state index contributed by atoms with van der Waals surface area (Å²) in [6.45, 7) is 9.47. The third kappa shape index (κ3) is 3.22. The molecule has 4 nitrogen and oxygen atoms in total. The topological polar surface area (TPSA) is 35.6 Å². The highest BCUT2D eigenvalue weighted by molar-refractivity contribution is 6.33. The van der Waals surface area contributed by atoms with E-state index in [0.717, 1.165) is 16.7 Å². The molecule has 0 fully saturated rings. The number of aromatic nitrogens is 1. The predicted molar refractivity (Wildman–Crippen MR) is 104 cm³/mol. The van der Waals surface area contributed by atoms with Crippen molar-refractivity contribution in [3.63, 3.8) is 0 Å². The van der Waals surface area contributed by atoms with Gasteiger partial charge in [0.1, 0.15) is 5.69 Å². The standard InChI is InChI=1S/C21H17ClN2O2/c1-4-26-21(25)20-19(18(23-2)13-24(20)3)15-11-9-14(10-12-15)16-7-5-6-8-17(16)22/h5-13H,4H2,1,3H3. The van der Waals surface area contributed by atoms with E-state index in [0.29, 0.717) is 22.0 Å². The maximum Gasteiger partial charge on any atom is 0.354 e. The van der Waals surface area contributed by atoms with Crippen LogP contribution in [0.3, 0.4) is 0 Å². The second kappa shape index (κ2) is 7.47. The Labute approximate surface area is 157 Å². The zero-order valence-electron chi connectivity index (χ0n) is 14.5. The molecule has 0 saturated heterocycles. The molecule has 0 spiro atoms. The summed E-state index contributed by atoms with van der Waals surface area (Å²) >= 11 is 6.26. The molecule has 0 aliphatic rings. The van der Waals surface area contributed by atoms with Crippen LogP contribution in [0.5, 0.6) is 0 Å². The molecule has 0 aliphatic carbocycles. The Morgan fingerprint density at radius 2 is 1.81 bits per heavy atom. The van der Waals surface area contributed by atoms with E-state index < -0.39 is 5.97 Å². The molecular formula is C21H17ClN2O2. The Hall–Kier alpha value is -3.03. The van der Waals surface area contributed by atoms with Crippen LogP contribution in [0, 0.1) is 6.57 Å². The van der Waals surface area contributed by atoms with Gasteiger partial charge >= 0.3 is 5.97 Å². The molecule has 1 heterocycles. The molecule has 0 unspecified atom stereocenters. The van der Waals surface area contributed by atoms with E-state index in [-0.39, 0.29) is 6.61 Å². The van der Waals surface area contributed by atoms with Crippen molar-refractivity contribution in [3.8, 4) is 22.3 Å². The second-order valence-electron chi connectivity index (χ2n) is 5.74. The Morgan fingerprint density at radius 3 is 2.42 bits per heavy atom. The van der Waals surface area contributed by atoms with Crippen LogP contribution in [-0.4, -0.2) is 17.1 Å². The lowest BCUT2D eigenvalue weighted by atomic mass is 9.99. The predicted octanol–water partition coefficient (Wildman–Crippen LogP) is 5.74. The van der Waals surface area contributed by atoms with Crippen molar-refractivity contribution in [1.29, 1.82) is 0 Å². The van der Waals surface area contributed by atoms with Gasteiger partial charge in [0, 0.05) is 29.4 Å². The fourth-order valence-corrected chi connectivity index (χ4v) is 3.18. The van der Waals surface area contributed by atoms with Crippen molar-refractivity contribution in [2.45, 2.75) is 6.92 Å². The fourth-order valence-electron chi connectivity index (χ4n) is 2.94. The minimum Gasteiger partial charge on any atom is -0.461 e. The molecule has 0 N–H and O–H groups in total. The maximum atomic E-state index is 12.4. The minimum atomic E-state index is -0.435. The van der Waals surface area contributed by atoms with Gasteiger partial charge in [-0.15, -0.1) is 0 Å². The number of carbonyl (C=O) groups excluding carboxylic acids is 1. The summed E-state index contributed by atoms with van der Waals surface area (Å²) in [7, 11) is 1.74. The quantitative estimate of drug-likeness (QED) is 0.437. The molecule has 130 valence electrons. The van der Waals surface area contributed by atoms with Crippen LogP contribution in [0.25, 0.3) is 27.1 Å². The van der Waals surface area contributed by atoms with Crippen molar-refractivity contribution in [1.82, 2.24) is 4.57 Å². The summed E-state index contributed by atoms with van der Waals surface area (Å²) in [4.78, 5) is 15.9. The molecule has 0 aliphatic heterocycles. The largest absolute Gasteiger partial charge is 0.461 e. The molecule has 0 atom stereocenters. The summed E-state index contributed by atoms with van der Waals surface area (Å²) in [5.74, 6) is -0.435. The summed E-state index contributed by atoms with van der Waals surface area (Å²) in [5.41, 5.74) is 4.08. The lowest BCUT2D eigenvalue weighted by molar-refractivity contribution is 0.0516. The van der Waals surface area contributed by atoms with Gasteiger partial charge in [-0.1, -0.05) is 54.1 Å². The molecule has 26 heavy (non-hydrogen) atoms. The molecule has 3 aromatic rings. The average Bonchev–Trinajstić information content (AvgIpc) is 2.99. The monoisotopic (exact) mass is 364 g/mol. The lowest BCUT2D eigenvalue weighted by Gasteiger charge is -2.09. The van der Waals surface area contributed by atoms with Crippen molar-refractivity contribution >= 4 is 23.3 Å². The number of esters is 1. The Kier molecular flexibility index (Phi) is 5.11. The number of aryl methyl sites for hydroxylation is 1. The zero-order chi connectivity index (χ0) is 18.7. The van der Waals surface area contributed by atoms with Gasteiger partial charge in [0.05, 0.1) is 13.2 Å². The van der Waals surface area contributed by atoms with Crippen LogP contribution in [0.15, 0.2) is 54.7 Å². The second-order valence-corrected chi connectivity index (χ2v) is 6.15. The molecule has 0 amide bonds. The number of nitrogens with zero attached hydrogens (tertiary/aromatic N) is 2. The van der Waals surface area contributed by atoms with Crippen LogP contribution >= 0.6 is 11.6 Å². The van der Waals surface area contributed by atoms with Gasteiger partial charge in [0.2, 0.25) is 5.69 Å². The average molecular weight is 365 g/mol. The molecular weight excluding hydrogens is 348 g/mol. The minimum absolute atomic E-state index is 0.280. The molecule has 3 rings (SSSR count). The lowest BCUT2D eigenvalue weighted by Crippen LogP contribution is -2.10. The van der Waals surface area contributed by atoms with E-state index in [9.17, 15) is 4.79 Å². The van der Waals surface area contributed by atoms with Crippen LogP contribution in [0.1, 0.15) is 17.4 Å². The first-order valence-corrected chi connectivity index (χ1v) is 8.53. The van der Waals surface area contributed by atoms with Gasteiger partial charge in [-0.05, 0) is 24.1 Å². The van der Waals surface area contributed by atoms with Crippen LogP contribution < -0.4 is 0 Å². The molecule has 0 radical (unpaired) electrons. The summed E-state index contributed by atoms with van der Waals surface area (Å²) < 4.78 is 6.80. The molecule has 1 aromatic heterocycles. The zero-order valence-corrected chi connectivity index (χ0v) is 15.2. The van der Waals surface area contributed by atoms with Gasteiger partial charge in [0.15, 0.2) is 0 Å². The van der Waals surface area contributed by atoms with Crippen molar-refractivity contribution in [3.05, 3.63) is 76.9 Å². The normalized spacial score (nSPS) is 10.4. The van der Waals surface area contributed by atoms with E-state index in [2.05, 4.69) is 4.85 Å². The highest BCUT2D eigenvalue weighted by Gasteiger charge is 2.22. The van der Waals surface area contributed by atoms with Crippen LogP contribution in [0.4, 0.5) is 5.69 Å². The first-order chi connectivity index (χ1) is 12.6. The smallest absolute Gasteiger partial charge is 0.354 e. The molecule has 0 bridgehead atoms. The van der Waals surface area contributed by atoms with E-state index in [1.54, 1.807) is 24.7 Å². The number of hydrogen-bond donors (Lipinski definition) is 0. The van der Waals surface area contributed by atoms with Gasteiger partial charge in [-0.3, -0.25) is 0 Å². The van der Waals surface area contributed by atoms with Crippen LogP contribution in [0.2, 0.25) is 5.02 Å². The first-order valence-electron chi connectivity index (χ1n) is 8.16.